The smallest absolute Gasteiger partial charge is 0.253 e. The van der Waals surface area contributed by atoms with Crippen molar-refractivity contribution in [3.05, 3.63) is 52.6 Å². The summed E-state index contributed by atoms with van der Waals surface area (Å²) in [5.74, 6) is 0.472. The summed E-state index contributed by atoms with van der Waals surface area (Å²) in [6.07, 6.45) is 8.99. The largest absolute Gasteiger partial charge is 0.338 e. The molecule has 1 fully saturated rings. The summed E-state index contributed by atoms with van der Waals surface area (Å²) >= 11 is 0. The molecule has 2 amide bonds. The molecule has 1 aromatic carbocycles. The number of hydrogen-bond acceptors (Lipinski definition) is 2. The number of likely N-dealkylation sites (tertiary alicyclic amines) is 1. The van der Waals surface area contributed by atoms with Gasteiger partial charge in [0.1, 0.15) is 0 Å². The number of allylic oxidation sites excluding steroid dienone is 3. The lowest BCUT2D eigenvalue weighted by Crippen LogP contribution is -2.41. The van der Waals surface area contributed by atoms with Crippen LogP contribution < -0.4 is 5.32 Å². The lowest BCUT2D eigenvalue weighted by molar-refractivity contribution is -0.119. The average molecular weight is 407 g/mol. The Morgan fingerprint density at radius 1 is 1.13 bits per heavy atom. The van der Waals surface area contributed by atoms with Gasteiger partial charge in [0.2, 0.25) is 5.91 Å². The SMILES string of the molecule is CC1(C)C(=O)Nc2ccc(C(=O)N3CCC4=CCCC=C4C[C@H](C(C)(C)C)C3)cc21. The second-order valence-electron chi connectivity index (χ2n) is 10.6. The summed E-state index contributed by atoms with van der Waals surface area (Å²) in [7, 11) is 0. The summed E-state index contributed by atoms with van der Waals surface area (Å²) in [6, 6.07) is 5.66. The lowest BCUT2D eigenvalue weighted by Gasteiger charge is -2.39. The zero-order valence-corrected chi connectivity index (χ0v) is 19.0. The Bertz CT molecular complexity index is 946. The molecular weight excluding hydrogens is 372 g/mol. The summed E-state index contributed by atoms with van der Waals surface area (Å²) < 4.78 is 0. The van der Waals surface area contributed by atoms with Crippen LogP contribution in [0.5, 0.6) is 0 Å². The van der Waals surface area contributed by atoms with Crippen molar-refractivity contribution in [3.8, 4) is 0 Å². The van der Waals surface area contributed by atoms with Crippen LogP contribution in [0, 0.1) is 11.3 Å². The minimum atomic E-state index is -0.609. The monoisotopic (exact) mass is 406 g/mol. The van der Waals surface area contributed by atoms with Gasteiger partial charge in [0.25, 0.3) is 5.91 Å². The number of fused-ring (bicyclic) bond motifs is 2. The van der Waals surface area contributed by atoms with Gasteiger partial charge in [-0.1, -0.05) is 32.9 Å². The third kappa shape index (κ3) is 3.73. The van der Waals surface area contributed by atoms with E-state index in [1.54, 1.807) is 0 Å². The first kappa shape index (κ1) is 20.9. The van der Waals surface area contributed by atoms with E-state index in [1.807, 2.05) is 36.9 Å². The van der Waals surface area contributed by atoms with Gasteiger partial charge in [-0.05, 0) is 85.8 Å². The van der Waals surface area contributed by atoms with E-state index < -0.39 is 5.41 Å². The van der Waals surface area contributed by atoms with E-state index in [-0.39, 0.29) is 17.2 Å². The Hall–Kier alpha value is -2.36. The second kappa shape index (κ2) is 7.40. The number of amides is 2. The molecule has 2 heterocycles. The molecule has 30 heavy (non-hydrogen) atoms. The Morgan fingerprint density at radius 2 is 1.83 bits per heavy atom. The maximum Gasteiger partial charge on any atom is 0.253 e. The highest BCUT2D eigenvalue weighted by Gasteiger charge is 2.39. The number of rotatable bonds is 1. The van der Waals surface area contributed by atoms with E-state index in [0.29, 0.717) is 11.5 Å². The van der Waals surface area contributed by atoms with Crippen LogP contribution in [0.4, 0.5) is 5.69 Å². The molecule has 1 N–H and O–H groups in total. The first-order valence-corrected chi connectivity index (χ1v) is 11.2. The summed E-state index contributed by atoms with van der Waals surface area (Å²) in [6.45, 7) is 12.2. The molecule has 0 aromatic heterocycles. The predicted molar refractivity (Wildman–Crippen MR) is 122 cm³/mol. The first-order valence-electron chi connectivity index (χ1n) is 11.2. The van der Waals surface area contributed by atoms with Crippen molar-refractivity contribution in [1.82, 2.24) is 4.90 Å². The van der Waals surface area contributed by atoms with Crippen molar-refractivity contribution in [2.45, 2.75) is 65.7 Å². The van der Waals surface area contributed by atoms with Crippen molar-refractivity contribution in [3.63, 3.8) is 0 Å². The Labute approximate surface area is 180 Å². The standard InChI is InChI=1S/C26H34N2O2/c1-25(2,3)20-14-18-9-7-6-8-17(18)12-13-28(16-20)23(29)19-10-11-22-21(15-19)26(4,5)24(30)27-22/h8-11,15,20H,6-7,12-14,16H2,1-5H3,(H,27,30)/t20-/m0/s1. The molecular formula is C26H34N2O2. The van der Waals surface area contributed by atoms with Crippen molar-refractivity contribution in [2.75, 3.05) is 18.4 Å². The molecule has 1 aromatic rings. The average Bonchev–Trinajstić information content (AvgIpc) is 2.89. The number of benzene rings is 1. The lowest BCUT2D eigenvalue weighted by atomic mass is 9.74. The van der Waals surface area contributed by atoms with Gasteiger partial charge in [-0.2, -0.15) is 0 Å². The quantitative estimate of drug-likeness (QED) is 0.673. The van der Waals surface area contributed by atoms with Crippen LogP contribution >= 0.6 is 0 Å². The highest BCUT2D eigenvalue weighted by atomic mass is 16.2. The van der Waals surface area contributed by atoms with E-state index in [1.165, 1.54) is 11.1 Å². The van der Waals surface area contributed by atoms with E-state index in [2.05, 4.69) is 38.2 Å². The van der Waals surface area contributed by atoms with E-state index in [9.17, 15) is 9.59 Å². The molecule has 0 unspecified atom stereocenters. The van der Waals surface area contributed by atoms with Gasteiger partial charge in [0, 0.05) is 24.3 Å². The third-order valence-corrected chi connectivity index (χ3v) is 7.19. The molecule has 0 saturated carbocycles. The first-order chi connectivity index (χ1) is 14.1. The van der Waals surface area contributed by atoms with E-state index >= 15 is 0 Å². The topological polar surface area (TPSA) is 49.4 Å². The normalized spacial score (nSPS) is 23.4. The molecule has 1 saturated heterocycles. The third-order valence-electron chi connectivity index (χ3n) is 7.19. The minimum Gasteiger partial charge on any atom is -0.338 e. The molecule has 4 rings (SSSR count). The number of carbonyl (C=O) groups excluding carboxylic acids is 2. The number of carbonyl (C=O) groups is 2. The van der Waals surface area contributed by atoms with Crippen molar-refractivity contribution >= 4 is 17.5 Å². The molecule has 0 bridgehead atoms. The zero-order chi connectivity index (χ0) is 21.7. The van der Waals surface area contributed by atoms with Gasteiger partial charge in [0.05, 0.1) is 5.41 Å². The zero-order valence-electron chi connectivity index (χ0n) is 19.0. The van der Waals surface area contributed by atoms with Gasteiger partial charge in [-0.3, -0.25) is 9.59 Å². The minimum absolute atomic E-state index is 0.00953. The van der Waals surface area contributed by atoms with Crippen molar-refractivity contribution in [2.24, 2.45) is 11.3 Å². The fourth-order valence-electron chi connectivity index (χ4n) is 4.85. The fourth-order valence-corrected chi connectivity index (χ4v) is 4.85. The number of nitrogens with one attached hydrogen (secondary N) is 1. The van der Waals surface area contributed by atoms with Crippen molar-refractivity contribution < 1.29 is 9.59 Å². The second-order valence-corrected chi connectivity index (χ2v) is 10.6. The van der Waals surface area contributed by atoms with Crippen LogP contribution in [0.25, 0.3) is 0 Å². The summed E-state index contributed by atoms with van der Waals surface area (Å²) in [4.78, 5) is 27.9. The van der Waals surface area contributed by atoms with Gasteiger partial charge < -0.3 is 10.2 Å². The van der Waals surface area contributed by atoms with Crippen LogP contribution in [0.3, 0.4) is 0 Å². The summed E-state index contributed by atoms with van der Waals surface area (Å²) in [5.41, 5.74) is 4.86. The van der Waals surface area contributed by atoms with Gasteiger partial charge >= 0.3 is 0 Å². The molecule has 4 nitrogen and oxygen atoms in total. The maximum absolute atomic E-state index is 13.6. The van der Waals surface area contributed by atoms with E-state index in [0.717, 1.165) is 50.0 Å². The van der Waals surface area contributed by atoms with Crippen LogP contribution in [-0.4, -0.2) is 29.8 Å². The number of hydrogen-bond donors (Lipinski definition) is 1. The molecule has 160 valence electrons. The molecule has 1 atom stereocenters. The highest BCUT2D eigenvalue weighted by Crippen LogP contribution is 2.40. The Morgan fingerprint density at radius 3 is 2.53 bits per heavy atom. The molecule has 0 radical (unpaired) electrons. The van der Waals surface area contributed by atoms with Crippen molar-refractivity contribution in [1.29, 1.82) is 0 Å². The molecule has 4 heteroatoms. The molecule has 2 aliphatic heterocycles. The summed E-state index contributed by atoms with van der Waals surface area (Å²) in [5, 5.41) is 2.93. The fraction of sp³-hybridized carbons (Fsp3) is 0.538. The molecule has 0 spiro atoms. The maximum atomic E-state index is 13.6. The Balaban J connectivity index is 1.64. The van der Waals surface area contributed by atoms with Gasteiger partial charge in [-0.25, -0.2) is 0 Å². The number of nitrogens with zero attached hydrogens (tertiary/aromatic N) is 1. The van der Waals surface area contributed by atoms with Crippen LogP contribution in [-0.2, 0) is 10.2 Å². The number of anilines is 1. The Kier molecular flexibility index (Phi) is 5.16. The van der Waals surface area contributed by atoms with Gasteiger partial charge in [-0.15, -0.1) is 0 Å². The van der Waals surface area contributed by atoms with Crippen LogP contribution in [0.1, 0.15) is 76.2 Å². The van der Waals surface area contributed by atoms with Crippen LogP contribution in [0.2, 0.25) is 0 Å². The molecule has 1 aliphatic carbocycles. The van der Waals surface area contributed by atoms with E-state index in [4.69, 9.17) is 0 Å². The highest BCUT2D eigenvalue weighted by molar-refractivity contribution is 6.07. The van der Waals surface area contributed by atoms with Crippen LogP contribution in [0.15, 0.2) is 41.5 Å². The van der Waals surface area contributed by atoms with Gasteiger partial charge in [0.15, 0.2) is 0 Å². The predicted octanol–water partition coefficient (Wildman–Crippen LogP) is 5.46. The molecule has 3 aliphatic rings.